The summed E-state index contributed by atoms with van der Waals surface area (Å²) in [5, 5.41) is 0.410. The first-order valence-corrected chi connectivity index (χ1v) is 10.8. The van der Waals surface area contributed by atoms with Crippen LogP contribution in [0.25, 0.3) is 0 Å². The van der Waals surface area contributed by atoms with Crippen molar-refractivity contribution < 1.29 is 23.8 Å². The Labute approximate surface area is 178 Å². The van der Waals surface area contributed by atoms with Crippen molar-refractivity contribution >= 4 is 23.5 Å². The number of hydrogen-bond acceptors (Lipinski definition) is 5. The van der Waals surface area contributed by atoms with E-state index in [2.05, 4.69) is 13.5 Å². The zero-order chi connectivity index (χ0) is 21.1. The van der Waals surface area contributed by atoms with Gasteiger partial charge in [0.05, 0.1) is 23.8 Å². The van der Waals surface area contributed by atoms with Gasteiger partial charge in [0.2, 0.25) is 0 Å². The monoisotopic (exact) mass is 422 g/mol. The molecule has 0 N–H and O–H groups in total. The second kappa shape index (κ2) is 12.5. The molecule has 0 saturated heterocycles. The Balaban J connectivity index is 1.66. The molecule has 160 valence electrons. The Morgan fingerprint density at radius 1 is 1.10 bits per heavy atom. The van der Waals surface area contributed by atoms with Crippen LogP contribution >= 0.6 is 11.6 Å². The van der Waals surface area contributed by atoms with Crippen LogP contribution in [-0.4, -0.2) is 31.3 Å². The van der Waals surface area contributed by atoms with Gasteiger partial charge in [0, 0.05) is 6.08 Å². The maximum absolute atomic E-state index is 12.3. The van der Waals surface area contributed by atoms with Crippen LogP contribution in [0.4, 0.5) is 0 Å². The van der Waals surface area contributed by atoms with E-state index in [1.165, 1.54) is 6.08 Å². The minimum absolute atomic E-state index is 0.00805. The zero-order valence-electron chi connectivity index (χ0n) is 17.2. The first-order valence-electron chi connectivity index (χ1n) is 10.4. The van der Waals surface area contributed by atoms with Gasteiger partial charge in [0.1, 0.15) is 11.9 Å². The third-order valence-corrected chi connectivity index (χ3v) is 5.41. The second-order valence-electron chi connectivity index (χ2n) is 7.57. The maximum Gasteiger partial charge on any atom is 0.338 e. The second-order valence-corrected chi connectivity index (χ2v) is 7.97. The molecule has 0 radical (unpaired) electrons. The van der Waals surface area contributed by atoms with Crippen molar-refractivity contribution in [2.24, 2.45) is 5.92 Å². The minimum atomic E-state index is -0.386. The molecule has 1 saturated carbocycles. The smallest absolute Gasteiger partial charge is 0.338 e. The summed E-state index contributed by atoms with van der Waals surface area (Å²) >= 11 is 6.27. The summed E-state index contributed by atoms with van der Waals surface area (Å²) in [5.74, 6) is 0.569. The Morgan fingerprint density at radius 2 is 1.79 bits per heavy atom. The van der Waals surface area contributed by atoms with E-state index in [1.807, 2.05) is 0 Å². The van der Waals surface area contributed by atoms with Gasteiger partial charge in [-0.25, -0.2) is 9.59 Å². The van der Waals surface area contributed by atoms with Gasteiger partial charge in [0.25, 0.3) is 0 Å². The summed E-state index contributed by atoms with van der Waals surface area (Å²) in [6.07, 6.45) is 8.84. The number of carbonyl (C=O) groups is 2. The van der Waals surface area contributed by atoms with Crippen molar-refractivity contribution in [1.82, 2.24) is 0 Å². The highest BCUT2D eigenvalue weighted by molar-refractivity contribution is 6.32. The fourth-order valence-corrected chi connectivity index (χ4v) is 3.52. The van der Waals surface area contributed by atoms with Crippen molar-refractivity contribution in [3.05, 3.63) is 41.4 Å². The van der Waals surface area contributed by atoms with E-state index in [4.69, 9.17) is 25.8 Å². The molecule has 0 atom stereocenters. The van der Waals surface area contributed by atoms with E-state index in [9.17, 15) is 9.59 Å². The molecule has 5 nitrogen and oxygen atoms in total. The molecule has 0 bridgehead atoms. The Bertz CT molecular complexity index is 680. The number of esters is 2. The highest BCUT2D eigenvalue weighted by Gasteiger charge is 2.22. The van der Waals surface area contributed by atoms with Gasteiger partial charge >= 0.3 is 11.9 Å². The van der Waals surface area contributed by atoms with Crippen LogP contribution in [0.15, 0.2) is 30.9 Å². The molecule has 0 spiro atoms. The highest BCUT2D eigenvalue weighted by atomic mass is 35.5. The molecule has 0 heterocycles. The minimum Gasteiger partial charge on any atom is -0.492 e. The Morgan fingerprint density at radius 3 is 2.45 bits per heavy atom. The van der Waals surface area contributed by atoms with Gasteiger partial charge in [-0.05, 0) is 75.5 Å². The van der Waals surface area contributed by atoms with Gasteiger partial charge in [-0.3, -0.25) is 0 Å². The van der Waals surface area contributed by atoms with E-state index >= 15 is 0 Å². The van der Waals surface area contributed by atoms with Crippen LogP contribution in [0, 0.1) is 5.92 Å². The predicted octanol–water partition coefficient (Wildman–Crippen LogP) is 5.74. The molecule has 1 aromatic carbocycles. The van der Waals surface area contributed by atoms with Crippen molar-refractivity contribution in [3.63, 3.8) is 0 Å². The average molecular weight is 423 g/mol. The SMILES string of the molecule is C=CC(=O)OCCCCCCOc1ccc(C(=O)OC2CCC(C)CC2)cc1Cl. The Kier molecular flexibility index (Phi) is 10.1. The molecule has 0 amide bonds. The van der Waals surface area contributed by atoms with Crippen LogP contribution in [0.1, 0.15) is 68.6 Å². The number of rotatable bonds is 11. The van der Waals surface area contributed by atoms with Gasteiger partial charge in [0.15, 0.2) is 0 Å². The average Bonchev–Trinajstić information content (AvgIpc) is 2.72. The van der Waals surface area contributed by atoms with Crippen molar-refractivity contribution in [2.45, 2.75) is 64.4 Å². The molecule has 0 unspecified atom stereocenters. The van der Waals surface area contributed by atoms with Gasteiger partial charge in [-0.2, -0.15) is 0 Å². The maximum atomic E-state index is 12.3. The molecule has 29 heavy (non-hydrogen) atoms. The Hall–Kier alpha value is -2.01. The third kappa shape index (κ3) is 8.48. The molecule has 0 aromatic heterocycles. The van der Waals surface area contributed by atoms with Crippen LogP contribution < -0.4 is 4.74 Å². The lowest BCUT2D eigenvalue weighted by molar-refractivity contribution is -0.137. The summed E-state index contributed by atoms with van der Waals surface area (Å²) in [6.45, 7) is 6.54. The van der Waals surface area contributed by atoms with Crippen LogP contribution in [0.3, 0.4) is 0 Å². The van der Waals surface area contributed by atoms with Crippen LogP contribution in [0.2, 0.25) is 5.02 Å². The summed E-state index contributed by atoms with van der Waals surface area (Å²) in [5.41, 5.74) is 0.454. The largest absolute Gasteiger partial charge is 0.492 e. The molecular formula is C23H31ClO5. The number of ether oxygens (including phenoxy) is 3. The number of carbonyl (C=O) groups excluding carboxylic acids is 2. The van der Waals surface area contributed by atoms with Crippen molar-refractivity contribution in [2.75, 3.05) is 13.2 Å². The molecule has 1 aliphatic carbocycles. The third-order valence-electron chi connectivity index (χ3n) is 5.11. The van der Waals surface area contributed by atoms with Gasteiger partial charge in [-0.15, -0.1) is 0 Å². The first-order chi connectivity index (χ1) is 14.0. The summed E-state index contributed by atoms with van der Waals surface area (Å²) < 4.78 is 16.2. The first kappa shape index (κ1) is 23.3. The lowest BCUT2D eigenvalue weighted by atomic mass is 9.89. The summed E-state index contributed by atoms with van der Waals surface area (Å²) in [7, 11) is 0. The molecule has 1 aromatic rings. The number of hydrogen-bond donors (Lipinski definition) is 0. The fourth-order valence-electron chi connectivity index (χ4n) is 3.28. The molecule has 6 heteroatoms. The number of halogens is 1. The molecular weight excluding hydrogens is 392 g/mol. The van der Waals surface area contributed by atoms with E-state index in [1.54, 1.807) is 18.2 Å². The molecule has 1 fully saturated rings. The lowest BCUT2D eigenvalue weighted by Crippen LogP contribution is -2.23. The van der Waals surface area contributed by atoms with E-state index in [0.717, 1.165) is 51.4 Å². The summed E-state index contributed by atoms with van der Waals surface area (Å²) in [6, 6.07) is 5.03. The van der Waals surface area contributed by atoms with Gasteiger partial charge in [-0.1, -0.05) is 25.1 Å². The zero-order valence-corrected chi connectivity index (χ0v) is 17.9. The van der Waals surface area contributed by atoms with Crippen LogP contribution in [-0.2, 0) is 14.3 Å². The van der Waals surface area contributed by atoms with E-state index in [-0.39, 0.29) is 18.0 Å². The van der Waals surface area contributed by atoms with Crippen molar-refractivity contribution in [1.29, 1.82) is 0 Å². The standard InChI is InChI=1S/C23H31ClO5/c1-3-22(25)28-15-7-5-4-6-14-27-21-13-10-18(16-20(21)24)23(26)29-19-11-8-17(2)9-12-19/h3,10,13,16-17,19H,1,4-9,11-12,14-15H2,2H3. The summed E-state index contributed by atoms with van der Waals surface area (Å²) in [4.78, 5) is 23.3. The van der Waals surface area contributed by atoms with E-state index in [0.29, 0.717) is 35.5 Å². The topological polar surface area (TPSA) is 61.8 Å². The van der Waals surface area contributed by atoms with Crippen molar-refractivity contribution in [3.8, 4) is 5.75 Å². The predicted molar refractivity (Wildman–Crippen MR) is 113 cm³/mol. The normalized spacial score (nSPS) is 18.7. The molecule has 0 aliphatic heterocycles. The number of unbranched alkanes of at least 4 members (excludes halogenated alkanes) is 3. The highest BCUT2D eigenvalue weighted by Crippen LogP contribution is 2.28. The fraction of sp³-hybridized carbons (Fsp3) is 0.565. The van der Waals surface area contributed by atoms with Gasteiger partial charge < -0.3 is 14.2 Å². The molecule has 2 rings (SSSR count). The van der Waals surface area contributed by atoms with Crippen LogP contribution in [0.5, 0.6) is 5.75 Å². The van der Waals surface area contributed by atoms with E-state index < -0.39 is 0 Å². The quantitative estimate of drug-likeness (QED) is 0.258. The molecule has 1 aliphatic rings. The number of benzene rings is 1. The lowest BCUT2D eigenvalue weighted by Gasteiger charge is -2.26.